The number of benzene rings is 2. The van der Waals surface area contributed by atoms with E-state index >= 15 is 0 Å². The van der Waals surface area contributed by atoms with E-state index in [4.69, 9.17) is 4.42 Å². The predicted octanol–water partition coefficient (Wildman–Crippen LogP) is 3.60. The van der Waals surface area contributed by atoms with E-state index in [0.29, 0.717) is 11.6 Å². The highest BCUT2D eigenvalue weighted by Crippen LogP contribution is 2.19. The van der Waals surface area contributed by atoms with E-state index < -0.39 is 17.1 Å². The van der Waals surface area contributed by atoms with Gasteiger partial charge in [-0.1, -0.05) is 26.0 Å². The Morgan fingerprint density at radius 1 is 1.13 bits per heavy atom. The molecule has 3 aromatic rings. The summed E-state index contributed by atoms with van der Waals surface area (Å²) in [6.45, 7) is 4.20. The summed E-state index contributed by atoms with van der Waals surface area (Å²) in [4.78, 5) is 24.6. The van der Waals surface area contributed by atoms with Gasteiger partial charge in [-0.25, -0.2) is 13.8 Å². The zero-order valence-electron chi connectivity index (χ0n) is 12.9. The highest BCUT2D eigenvalue weighted by atomic mass is 19.1. The third kappa shape index (κ3) is 2.70. The maximum Gasteiger partial charge on any atom is 0.426 e. The first kappa shape index (κ1) is 15.2. The first-order chi connectivity index (χ1) is 11.0. The van der Waals surface area contributed by atoms with Gasteiger partial charge in [0.2, 0.25) is 0 Å². The van der Waals surface area contributed by atoms with Gasteiger partial charge in [0.1, 0.15) is 11.4 Å². The second kappa shape index (κ2) is 5.83. The van der Waals surface area contributed by atoms with Crippen LogP contribution in [0.5, 0.6) is 0 Å². The van der Waals surface area contributed by atoms with E-state index in [2.05, 4.69) is 13.8 Å². The quantitative estimate of drug-likeness (QED) is 0.742. The minimum Gasteiger partial charge on any atom is -0.409 e. The van der Waals surface area contributed by atoms with Crippen LogP contribution in [0.1, 0.15) is 31.7 Å². The molecule has 0 aliphatic carbocycles. The van der Waals surface area contributed by atoms with Crippen molar-refractivity contribution >= 4 is 11.0 Å². The maximum absolute atomic E-state index is 13.4. The van der Waals surface area contributed by atoms with Gasteiger partial charge in [0.25, 0.3) is 5.56 Å². The van der Waals surface area contributed by atoms with E-state index in [0.717, 1.165) is 28.7 Å². The average Bonchev–Trinajstić information content (AvgIpc) is 2.55. The summed E-state index contributed by atoms with van der Waals surface area (Å²) in [6.07, 6.45) is 0.997. The lowest BCUT2D eigenvalue weighted by Gasteiger charge is -2.10. The summed E-state index contributed by atoms with van der Waals surface area (Å²) >= 11 is 0. The lowest BCUT2D eigenvalue weighted by Crippen LogP contribution is -2.31. The van der Waals surface area contributed by atoms with Gasteiger partial charge in [0.05, 0.1) is 11.1 Å². The zero-order valence-corrected chi connectivity index (χ0v) is 12.9. The first-order valence-electron chi connectivity index (χ1n) is 7.47. The predicted molar refractivity (Wildman–Crippen MR) is 86.7 cm³/mol. The van der Waals surface area contributed by atoms with Gasteiger partial charge in [0, 0.05) is 0 Å². The monoisotopic (exact) mass is 313 g/mol. The molecule has 0 radical (unpaired) electrons. The lowest BCUT2D eigenvalue weighted by atomic mass is 9.98. The van der Waals surface area contributed by atoms with Crippen molar-refractivity contribution in [3.05, 3.63) is 74.7 Å². The smallest absolute Gasteiger partial charge is 0.409 e. The molecule has 0 saturated heterocycles. The Morgan fingerprint density at radius 3 is 2.48 bits per heavy atom. The van der Waals surface area contributed by atoms with Crippen LogP contribution >= 0.6 is 0 Å². The van der Waals surface area contributed by atoms with E-state index in [1.165, 1.54) is 6.07 Å². The highest BCUT2D eigenvalue weighted by Gasteiger charge is 2.12. The number of aromatic nitrogens is 1. The molecule has 0 saturated carbocycles. The molecule has 0 spiro atoms. The molecule has 3 rings (SSSR count). The van der Waals surface area contributed by atoms with Gasteiger partial charge in [-0.2, -0.15) is 0 Å². The van der Waals surface area contributed by atoms with Crippen LogP contribution in [-0.4, -0.2) is 4.57 Å². The largest absolute Gasteiger partial charge is 0.426 e. The molecule has 1 unspecified atom stereocenters. The molecule has 2 aromatic carbocycles. The molecule has 1 aromatic heterocycles. The standard InChI is InChI=1S/C18H16FNO3/c1-3-11(2)12-4-7-14(8-5-12)20-17(21)15-10-13(19)6-9-16(15)23-18(20)22/h4-11H,3H2,1-2H3. The number of nitrogens with zero attached hydrogens (tertiary/aromatic N) is 1. The molecule has 0 aliphatic rings. The Labute approximate surface area is 131 Å². The molecule has 0 aliphatic heterocycles. The van der Waals surface area contributed by atoms with Crippen molar-refractivity contribution in [1.29, 1.82) is 0 Å². The van der Waals surface area contributed by atoms with Crippen LogP contribution in [0.25, 0.3) is 16.7 Å². The van der Waals surface area contributed by atoms with Gasteiger partial charge in [-0.05, 0) is 48.2 Å². The summed E-state index contributed by atoms with van der Waals surface area (Å²) in [7, 11) is 0. The minimum absolute atomic E-state index is 0.0376. The summed E-state index contributed by atoms with van der Waals surface area (Å²) in [5, 5.41) is 0.0376. The SMILES string of the molecule is CCC(C)c1ccc(-n2c(=O)oc3ccc(F)cc3c2=O)cc1. The fourth-order valence-electron chi connectivity index (χ4n) is 2.51. The number of hydrogen-bond donors (Lipinski definition) is 0. The molecule has 118 valence electrons. The average molecular weight is 313 g/mol. The Balaban J connectivity index is 2.20. The van der Waals surface area contributed by atoms with E-state index in [-0.39, 0.29) is 11.0 Å². The van der Waals surface area contributed by atoms with Crippen molar-refractivity contribution in [3.8, 4) is 5.69 Å². The maximum atomic E-state index is 13.4. The van der Waals surface area contributed by atoms with Crippen molar-refractivity contribution in [1.82, 2.24) is 4.57 Å². The van der Waals surface area contributed by atoms with E-state index in [1.807, 2.05) is 12.1 Å². The minimum atomic E-state index is -0.787. The fourth-order valence-corrected chi connectivity index (χ4v) is 2.51. The first-order valence-corrected chi connectivity index (χ1v) is 7.47. The molecule has 0 bridgehead atoms. The van der Waals surface area contributed by atoms with Crippen molar-refractivity contribution < 1.29 is 8.81 Å². The van der Waals surface area contributed by atoms with Crippen molar-refractivity contribution in [2.75, 3.05) is 0 Å². The zero-order chi connectivity index (χ0) is 16.6. The van der Waals surface area contributed by atoms with Crippen LogP contribution in [0.2, 0.25) is 0 Å². The van der Waals surface area contributed by atoms with Gasteiger partial charge < -0.3 is 4.42 Å². The summed E-state index contributed by atoms with van der Waals surface area (Å²) in [6, 6.07) is 10.7. The van der Waals surface area contributed by atoms with Gasteiger partial charge in [-0.3, -0.25) is 4.79 Å². The Morgan fingerprint density at radius 2 is 1.83 bits per heavy atom. The molecule has 0 amide bonds. The van der Waals surface area contributed by atoms with Crippen LogP contribution in [0.15, 0.2) is 56.5 Å². The Kier molecular flexibility index (Phi) is 3.86. The third-order valence-electron chi connectivity index (χ3n) is 4.09. The second-order valence-corrected chi connectivity index (χ2v) is 5.55. The van der Waals surface area contributed by atoms with Crippen LogP contribution in [0.3, 0.4) is 0 Å². The van der Waals surface area contributed by atoms with Gasteiger partial charge >= 0.3 is 5.76 Å². The topological polar surface area (TPSA) is 52.2 Å². The molecule has 1 heterocycles. The van der Waals surface area contributed by atoms with Gasteiger partial charge in [-0.15, -0.1) is 0 Å². The summed E-state index contributed by atoms with van der Waals surface area (Å²) < 4.78 is 19.4. The number of fused-ring (bicyclic) bond motifs is 1. The van der Waals surface area contributed by atoms with Crippen molar-refractivity contribution in [2.24, 2.45) is 0 Å². The molecule has 23 heavy (non-hydrogen) atoms. The van der Waals surface area contributed by atoms with Crippen LogP contribution < -0.4 is 11.3 Å². The molecule has 1 atom stereocenters. The molecular formula is C18H16FNO3. The lowest BCUT2D eigenvalue weighted by molar-refractivity contribution is 0.502. The Bertz CT molecular complexity index is 970. The molecule has 4 nitrogen and oxygen atoms in total. The fraction of sp³-hybridized carbons (Fsp3) is 0.222. The highest BCUT2D eigenvalue weighted by molar-refractivity contribution is 5.75. The summed E-state index contributed by atoms with van der Waals surface area (Å²) in [5.74, 6) is -0.949. The summed E-state index contributed by atoms with van der Waals surface area (Å²) in [5.41, 5.74) is 1.02. The van der Waals surface area contributed by atoms with Crippen molar-refractivity contribution in [3.63, 3.8) is 0 Å². The van der Waals surface area contributed by atoms with E-state index in [1.54, 1.807) is 12.1 Å². The molecule has 0 N–H and O–H groups in total. The van der Waals surface area contributed by atoms with Gasteiger partial charge in [0.15, 0.2) is 0 Å². The number of rotatable bonds is 3. The second-order valence-electron chi connectivity index (χ2n) is 5.55. The van der Waals surface area contributed by atoms with Crippen LogP contribution in [0, 0.1) is 5.82 Å². The number of hydrogen-bond acceptors (Lipinski definition) is 3. The Hall–Kier alpha value is -2.69. The molecule has 0 fully saturated rings. The normalized spacial score (nSPS) is 12.5. The molecular weight excluding hydrogens is 297 g/mol. The van der Waals surface area contributed by atoms with Crippen molar-refractivity contribution in [2.45, 2.75) is 26.2 Å². The van der Waals surface area contributed by atoms with Crippen LogP contribution in [-0.2, 0) is 0 Å². The van der Waals surface area contributed by atoms with Crippen LogP contribution in [0.4, 0.5) is 4.39 Å². The molecule has 5 heteroatoms. The van der Waals surface area contributed by atoms with E-state index in [9.17, 15) is 14.0 Å². The third-order valence-corrected chi connectivity index (χ3v) is 4.09. The number of halogens is 1.